The third-order valence-corrected chi connectivity index (χ3v) is 3.35. The first-order valence-corrected chi connectivity index (χ1v) is 7.79. The molecule has 0 unspecified atom stereocenters. The van der Waals surface area contributed by atoms with E-state index in [4.69, 9.17) is 19.2 Å². The van der Waals surface area contributed by atoms with Crippen LogP contribution in [0.5, 0.6) is 17.6 Å². The Balaban J connectivity index is 1.70. The van der Waals surface area contributed by atoms with Crippen LogP contribution >= 0.6 is 0 Å². The van der Waals surface area contributed by atoms with Gasteiger partial charge in [-0.25, -0.2) is 0 Å². The lowest BCUT2D eigenvalue weighted by molar-refractivity contribution is 0.251. The van der Waals surface area contributed by atoms with Crippen molar-refractivity contribution in [2.24, 2.45) is 0 Å². The van der Waals surface area contributed by atoms with E-state index in [1.807, 2.05) is 60.7 Å². The molecule has 6 nitrogen and oxygen atoms in total. The zero-order valence-corrected chi connectivity index (χ0v) is 13.5. The minimum atomic E-state index is -0.491. The van der Waals surface area contributed by atoms with Gasteiger partial charge < -0.3 is 19.2 Å². The van der Waals surface area contributed by atoms with Gasteiger partial charge in [0.15, 0.2) is 5.75 Å². The zero-order valence-electron chi connectivity index (χ0n) is 13.5. The quantitative estimate of drug-likeness (QED) is 0.636. The summed E-state index contributed by atoms with van der Waals surface area (Å²) in [7, 11) is -0.491. The number of nitrogens with zero attached hydrogens (tertiary/aromatic N) is 2. The van der Waals surface area contributed by atoms with Gasteiger partial charge in [0, 0.05) is 0 Å². The van der Waals surface area contributed by atoms with Gasteiger partial charge >= 0.3 is 13.7 Å². The molecule has 0 aliphatic heterocycles. The first-order valence-electron chi connectivity index (χ1n) is 7.79. The molecule has 0 saturated carbocycles. The first-order chi connectivity index (χ1) is 12.3. The summed E-state index contributed by atoms with van der Waals surface area (Å²) in [5.41, 5.74) is 2.00. The molecular formula is C18H17BN2O4. The van der Waals surface area contributed by atoms with E-state index in [2.05, 4.69) is 9.97 Å². The topological polar surface area (TPSA) is 73.7 Å². The van der Waals surface area contributed by atoms with E-state index in [0.717, 1.165) is 11.1 Å². The average Bonchev–Trinajstić information content (AvgIpc) is 2.68. The Morgan fingerprint density at radius 1 is 0.840 bits per heavy atom. The molecule has 1 N–H and O–H groups in total. The molecule has 1 aromatic heterocycles. The molecule has 0 spiro atoms. The summed E-state index contributed by atoms with van der Waals surface area (Å²) in [4.78, 5) is 8.31. The van der Waals surface area contributed by atoms with Crippen molar-refractivity contribution in [1.29, 1.82) is 0 Å². The lowest BCUT2D eigenvalue weighted by Gasteiger charge is -2.12. The SMILES string of the molecule is OBOc1cnc(OCc2ccccc2)nc1OCc1ccccc1. The van der Waals surface area contributed by atoms with E-state index in [1.54, 1.807) is 0 Å². The maximum atomic E-state index is 8.99. The Kier molecular flexibility index (Phi) is 5.84. The standard InChI is InChI=1S/C18H17BN2O4/c22-19-25-16-11-20-18(24-13-15-9-5-2-6-10-15)21-17(16)23-12-14-7-3-1-4-8-14/h1-11,19,22H,12-13H2. The summed E-state index contributed by atoms with van der Waals surface area (Å²) in [5, 5.41) is 8.99. The second kappa shape index (κ2) is 8.70. The molecule has 7 heteroatoms. The number of aromatic nitrogens is 2. The third kappa shape index (κ3) is 4.96. The number of rotatable bonds is 8. The van der Waals surface area contributed by atoms with Crippen molar-refractivity contribution in [1.82, 2.24) is 9.97 Å². The highest BCUT2D eigenvalue weighted by Gasteiger charge is 2.11. The van der Waals surface area contributed by atoms with Gasteiger partial charge in [-0.2, -0.15) is 9.97 Å². The van der Waals surface area contributed by atoms with Crippen molar-refractivity contribution >= 4 is 7.69 Å². The molecule has 1 heterocycles. The van der Waals surface area contributed by atoms with Crippen molar-refractivity contribution < 1.29 is 19.2 Å². The number of hydrogen-bond donors (Lipinski definition) is 1. The molecule has 2 aromatic carbocycles. The van der Waals surface area contributed by atoms with E-state index in [1.165, 1.54) is 6.20 Å². The minimum absolute atomic E-state index is 0.178. The fraction of sp³-hybridized carbons (Fsp3) is 0.111. The predicted octanol–water partition coefficient (Wildman–Crippen LogP) is 2.27. The Bertz CT molecular complexity index is 788. The lowest BCUT2D eigenvalue weighted by Crippen LogP contribution is -2.07. The fourth-order valence-electron chi connectivity index (χ4n) is 2.13. The van der Waals surface area contributed by atoms with Crippen LogP contribution in [0.4, 0.5) is 0 Å². The van der Waals surface area contributed by atoms with Crippen LogP contribution in [0.25, 0.3) is 0 Å². The van der Waals surface area contributed by atoms with Crippen LogP contribution in [0.3, 0.4) is 0 Å². The van der Waals surface area contributed by atoms with E-state index in [9.17, 15) is 0 Å². The molecule has 0 aliphatic rings. The molecule has 3 aromatic rings. The van der Waals surface area contributed by atoms with Crippen LogP contribution in [-0.4, -0.2) is 22.7 Å². The highest BCUT2D eigenvalue weighted by atomic mass is 16.5. The van der Waals surface area contributed by atoms with Gasteiger partial charge in [0.25, 0.3) is 5.88 Å². The monoisotopic (exact) mass is 336 g/mol. The molecule has 126 valence electrons. The maximum Gasteiger partial charge on any atom is 0.504 e. The van der Waals surface area contributed by atoms with Crippen molar-refractivity contribution in [3.63, 3.8) is 0 Å². The van der Waals surface area contributed by atoms with Crippen molar-refractivity contribution in [3.05, 3.63) is 78.0 Å². The Hall–Kier alpha value is -3.06. The Morgan fingerprint density at radius 3 is 2.04 bits per heavy atom. The van der Waals surface area contributed by atoms with Crippen molar-refractivity contribution in [2.75, 3.05) is 0 Å². The smallest absolute Gasteiger partial charge is 0.504 e. The predicted molar refractivity (Wildman–Crippen MR) is 93.6 cm³/mol. The summed E-state index contributed by atoms with van der Waals surface area (Å²) >= 11 is 0. The van der Waals surface area contributed by atoms with E-state index in [-0.39, 0.29) is 17.6 Å². The van der Waals surface area contributed by atoms with Gasteiger partial charge in [0.1, 0.15) is 13.2 Å². The summed E-state index contributed by atoms with van der Waals surface area (Å²) in [6.07, 6.45) is 1.42. The van der Waals surface area contributed by atoms with E-state index < -0.39 is 7.69 Å². The van der Waals surface area contributed by atoms with Crippen molar-refractivity contribution in [3.8, 4) is 17.6 Å². The van der Waals surface area contributed by atoms with Gasteiger partial charge in [-0.1, -0.05) is 60.7 Å². The maximum absolute atomic E-state index is 8.99. The molecule has 0 aliphatic carbocycles. The van der Waals surface area contributed by atoms with Gasteiger partial charge in [-0.05, 0) is 11.1 Å². The van der Waals surface area contributed by atoms with Crippen LogP contribution < -0.4 is 14.1 Å². The van der Waals surface area contributed by atoms with Gasteiger partial charge in [0.05, 0.1) is 6.20 Å². The second-order valence-corrected chi connectivity index (χ2v) is 5.14. The highest BCUT2D eigenvalue weighted by Crippen LogP contribution is 2.26. The molecule has 0 bridgehead atoms. The first kappa shape index (κ1) is 16.8. The molecule has 0 fully saturated rings. The lowest BCUT2D eigenvalue weighted by atomic mass is 10.2. The van der Waals surface area contributed by atoms with Gasteiger partial charge in [-0.3, -0.25) is 0 Å². The normalized spacial score (nSPS) is 10.1. The molecule has 0 radical (unpaired) electrons. The van der Waals surface area contributed by atoms with Crippen LogP contribution in [0.1, 0.15) is 11.1 Å². The van der Waals surface area contributed by atoms with Crippen molar-refractivity contribution in [2.45, 2.75) is 13.2 Å². The molecular weight excluding hydrogens is 319 g/mol. The third-order valence-electron chi connectivity index (χ3n) is 3.35. The largest absolute Gasteiger partial charge is 0.534 e. The molecule has 25 heavy (non-hydrogen) atoms. The summed E-state index contributed by atoms with van der Waals surface area (Å²) in [6, 6.07) is 19.6. The summed E-state index contributed by atoms with van der Waals surface area (Å²) in [6.45, 7) is 0.664. The number of ether oxygens (including phenoxy) is 2. The fourth-order valence-corrected chi connectivity index (χ4v) is 2.13. The van der Waals surface area contributed by atoms with Crippen LogP contribution in [0.15, 0.2) is 66.9 Å². The Labute approximate surface area is 146 Å². The highest BCUT2D eigenvalue weighted by molar-refractivity contribution is 6.17. The number of hydrogen-bond acceptors (Lipinski definition) is 6. The van der Waals surface area contributed by atoms with Crippen LogP contribution in [-0.2, 0) is 13.2 Å². The van der Waals surface area contributed by atoms with Crippen LogP contribution in [0.2, 0.25) is 0 Å². The summed E-state index contributed by atoms with van der Waals surface area (Å²) < 4.78 is 16.4. The molecule has 0 amide bonds. The minimum Gasteiger partial charge on any atom is -0.534 e. The number of benzene rings is 2. The van der Waals surface area contributed by atoms with Gasteiger partial charge in [0.2, 0.25) is 0 Å². The zero-order chi connectivity index (χ0) is 17.3. The summed E-state index contributed by atoms with van der Waals surface area (Å²) in [5.74, 6) is 0.474. The average molecular weight is 336 g/mol. The van der Waals surface area contributed by atoms with E-state index >= 15 is 0 Å². The second-order valence-electron chi connectivity index (χ2n) is 5.14. The Morgan fingerprint density at radius 2 is 1.44 bits per heavy atom. The molecule has 0 atom stereocenters. The molecule has 0 saturated heterocycles. The van der Waals surface area contributed by atoms with Gasteiger partial charge in [-0.15, -0.1) is 0 Å². The molecule has 3 rings (SSSR count). The van der Waals surface area contributed by atoms with E-state index in [0.29, 0.717) is 13.2 Å². The van der Waals surface area contributed by atoms with Crippen LogP contribution in [0, 0.1) is 0 Å².